The molecule has 2 heterocycles. The zero-order valence-corrected chi connectivity index (χ0v) is 12.7. The fourth-order valence-corrected chi connectivity index (χ4v) is 4.02. The fraction of sp³-hybridized carbons (Fsp3) is 0.105. The van der Waals surface area contributed by atoms with E-state index in [-0.39, 0.29) is 6.04 Å². The van der Waals surface area contributed by atoms with Crippen LogP contribution in [0.1, 0.15) is 22.7 Å². The molecule has 102 valence electrons. The Morgan fingerprint density at radius 2 is 1.29 bits per heavy atom. The van der Waals surface area contributed by atoms with E-state index in [1.165, 1.54) is 26.5 Å². The number of aromatic nitrogens is 1. The van der Waals surface area contributed by atoms with Crippen molar-refractivity contribution in [2.75, 3.05) is 0 Å². The van der Waals surface area contributed by atoms with Gasteiger partial charge in [0.1, 0.15) is 0 Å². The molecule has 2 heteroatoms. The van der Waals surface area contributed by atoms with Crippen LogP contribution in [0, 0.1) is 6.92 Å². The minimum Gasteiger partial charge on any atom is -0.194 e. The molecule has 4 rings (SSSR count). The minimum atomic E-state index is 0.263. The topological polar surface area (TPSA) is 3.88 Å². The SMILES string of the molecule is Cc1cc[n+](C2c3ccccc3Sc3ccccc32)cc1. The van der Waals surface area contributed by atoms with Crippen LogP contribution >= 0.6 is 11.8 Å². The first-order valence-corrected chi connectivity index (χ1v) is 7.98. The summed E-state index contributed by atoms with van der Waals surface area (Å²) in [5.74, 6) is 0. The molecule has 1 aromatic heterocycles. The number of hydrogen-bond donors (Lipinski definition) is 0. The van der Waals surface area contributed by atoms with Crippen molar-refractivity contribution in [2.24, 2.45) is 0 Å². The third-order valence-electron chi connectivity index (χ3n) is 3.96. The first-order chi connectivity index (χ1) is 10.3. The maximum absolute atomic E-state index is 2.31. The lowest BCUT2D eigenvalue weighted by molar-refractivity contribution is -0.705. The standard InChI is InChI=1S/C19H16NS/c1-14-10-12-20(13-11-14)19-15-6-2-4-8-17(15)21-18-9-5-3-7-16(18)19/h2-13,19H,1H3/q+1. The molecule has 0 unspecified atom stereocenters. The van der Waals surface area contributed by atoms with Gasteiger partial charge in [-0.15, -0.1) is 0 Å². The van der Waals surface area contributed by atoms with Crippen LogP contribution in [0.3, 0.4) is 0 Å². The molecule has 0 fully saturated rings. The summed E-state index contributed by atoms with van der Waals surface area (Å²) in [6.45, 7) is 2.13. The monoisotopic (exact) mass is 290 g/mol. The van der Waals surface area contributed by atoms with Gasteiger partial charge < -0.3 is 0 Å². The van der Waals surface area contributed by atoms with Gasteiger partial charge in [-0.2, -0.15) is 4.57 Å². The van der Waals surface area contributed by atoms with Crippen LogP contribution in [-0.2, 0) is 0 Å². The molecule has 0 saturated carbocycles. The van der Waals surface area contributed by atoms with E-state index in [1.807, 2.05) is 11.8 Å². The van der Waals surface area contributed by atoms with E-state index in [1.54, 1.807) is 0 Å². The molecule has 3 aromatic rings. The Morgan fingerprint density at radius 3 is 1.86 bits per heavy atom. The van der Waals surface area contributed by atoms with Gasteiger partial charge in [0, 0.05) is 33.1 Å². The van der Waals surface area contributed by atoms with Crippen molar-refractivity contribution in [3.05, 3.63) is 89.7 Å². The van der Waals surface area contributed by atoms with Crippen LogP contribution < -0.4 is 4.57 Å². The van der Waals surface area contributed by atoms with Crippen molar-refractivity contribution in [1.29, 1.82) is 0 Å². The van der Waals surface area contributed by atoms with Crippen molar-refractivity contribution >= 4 is 11.8 Å². The maximum atomic E-state index is 2.31. The molecule has 0 N–H and O–H groups in total. The van der Waals surface area contributed by atoms with Crippen LogP contribution in [0.5, 0.6) is 0 Å². The molecule has 0 radical (unpaired) electrons. The largest absolute Gasteiger partial charge is 0.211 e. The van der Waals surface area contributed by atoms with Crippen LogP contribution in [0.15, 0.2) is 82.8 Å². The van der Waals surface area contributed by atoms with Crippen molar-refractivity contribution < 1.29 is 4.57 Å². The zero-order chi connectivity index (χ0) is 14.2. The van der Waals surface area contributed by atoms with Gasteiger partial charge >= 0.3 is 0 Å². The fourth-order valence-electron chi connectivity index (χ4n) is 2.89. The number of nitrogens with zero attached hydrogens (tertiary/aromatic N) is 1. The summed E-state index contributed by atoms with van der Waals surface area (Å²) in [6, 6.07) is 22.1. The third-order valence-corrected chi connectivity index (χ3v) is 5.15. The molecule has 2 aromatic carbocycles. The summed E-state index contributed by atoms with van der Waals surface area (Å²) >= 11 is 1.87. The Labute approximate surface area is 129 Å². The molecule has 0 bridgehead atoms. The molecular formula is C19H16NS+. The summed E-state index contributed by atoms with van der Waals surface area (Å²) in [4.78, 5) is 2.71. The van der Waals surface area contributed by atoms with E-state index in [4.69, 9.17) is 0 Å². The first-order valence-electron chi connectivity index (χ1n) is 7.16. The molecule has 0 saturated heterocycles. The smallest absolute Gasteiger partial charge is 0.194 e. The lowest BCUT2D eigenvalue weighted by atomic mass is 9.97. The predicted molar refractivity (Wildman–Crippen MR) is 85.6 cm³/mol. The Bertz CT molecular complexity index is 747. The molecule has 21 heavy (non-hydrogen) atoms. The summed E-state index contributed by atoms with van der Waals surface area (Å²) in [6.07, 6.45) is 4.37. The number of aryl methyl sites for hydroxylation is 1. The Kier molecular flexibility index (Phi) is 3.04. The number of pyridine rings is 1. The van der Waals surface area contributed by atoms with Gasteiger partial charge in [-0.05, 0) is 24.6 Å². The van der Waals surface area contributed by atoms with Crippen LogP contribution in [0.4, 0.5) is 0 Å². The van der Waals surface area contributed by atoms with E-state index in [2.05, 4.69) is 84.5 Å². The second-order valence-electron chi connectivity index (χ2n) is 5.40. The van der Waals surface area contributed by atoms with Gasteiger partial charge in [0.25, 0.3) is 0 Å². The number of fused-ring (bicyclic) bond motifs is 2. The third kappa shape index (κ3) is 2.16. The normalized spacial score (nSPS) is 13.6. The van der Waals surface area contributed by atoms with E-state index < -0.39 is 0 Å². The molecule has 1 aliphatic rings. The maximum Gasteiger partial charge on any atom is 0.211 e. The molecule has 0 aliphatic carbocycles. The molecule has 0 atom stereocenters. The lowest BCUT2D eigenvalue weighted by Gasteiger charge is -2.23. The highest BCUT2D eigenvalue weighted by atomic mass is 32.2. The van der Waals surface area contributed by atoms with E-state index in [9.17, 15) is 0 Å². The number of benzene rings is 2. The average molecular weight is 290 g/mol. The highest BCUT2D eigenvalue weighted by Gasteiger charge is 2.32. The summed E-state index contributed by atoms with van der Waals surface area (Å²) < 4.78 is 2.31. The first kappa shape index (κ1) is 12.7. The van der Waals surface area contributed by atoms with Gasteiger partial charge in [0.15, 0.2) is 12.4 Å². The van der Waals surface area contributed by atoms with E-state index >= 15 is 0 Å². The van der Waals surface area contributed by atoms with Crippen molar-refractivity contribution in [2.45, 2.75) is 22.8 Å². The molecule has 1 aliphatic heterocycles. The Balaban J connectivity index is 1.95. The van der Waals surface area contributed by atoms with Crippen LogP contribution in [0.25, 0.3) is 0 Å². The Morgan fingerprint density at radius 1 is 0.762 bits per heavy atom. The second-order valence-corrected chi connectivity index (χ2v) is 6.49. The lowest BCUT2D eigenvalue weighted by Crippen LogP contribution is -2.41. The minimum absolute atomic E-state index is 0.263. The van der Waals surface area contributed by atoms with E-state index in [0.29, 0.717) is 0 Å². The summed E-state index contributed by atoms with van der Waals surface area (Å²) in [5.41, 5.74) is 4.06. The summed E-state index contributed by atoms with van der Waals surface area (Å²) in [7, 11) is 0. The highest BCUT2D eigenvalue weighted by molar-refractivity contribution is 7.99. The summed E-state index contributed by atoms with van der Waals surface area (Å²) in [5, 5.41) is 0. The van der Waals surface area contributed by atoms with Gasteiger partial charge in [0.05, 0.1) is 0 Å². The van der Waals surface area contributed by atoms with Gasteiger partial charge in [0.2, 0.25) is 6.04 Å². The average Bonchev–Trinajstić information content (AvgIpc) is 2.53. The van der Waals surface area contributed by atoms with Crippen LogP contribution in [0.2, 0.25) is 0 Å². The molecular weight excluding hydrogens is 274 g/mol. The zero-order valence-electron chi connectivity index (χ0n) is 11.9. The van der Waals surface area contributed by atoms with Gasteiger partial charge in [-0.3, -0.25) is 0 Å². The molecule has 1 nitrogen and oxygen atoms in total. The van der Waals surface area contributed by atoms with Gasteiger partial charge in [-0.25, -0.2) is 0 Å². The van der Waals surface area contributed by atoms with Gasteiger partial charge in [-0.1, -0.05) is 48.2 Å². The number of hydrogen-bond acceptors (Lipinski definition) is 1. The van der Waals surface area contributed by atoms with Crippen molar-refractivity contribution in [3.63, 3.8) is 0 Å². The molecule has 0 spiro atoms. The quantitative estimate of drug-likeness (QED) is 0.470. The molecule has 0 amide bonds. The number of rotatable bonds is 1. The second kappa shape index (κ2) is 5.05. The van der Waals surface area contributed by atoms with Crippen molar-refractivity contribution in [1.82, 2.24) is 0 Å². The predicted octanol–water partition coefficient (Wildman–Crippen LogP) is 4.38. The van der Waals surface area contributed by atoms with Crippen molar-refractivity contribution in [3.8, 4) is 0 Å². The van der Waals surface area contributed by atoms with E-state index in [0.717, 1.165) is 0 Å². The Hall–Kier alpha value is -2.06. The van der Waals surface area contributed by atoms with Crippen LogP contribution in [-0.4, -0.2) is 0 Å². The highest BCUT2D eigenvalue weighted by Crippen LogP contribution is 2.44.